The molecule has 0 aromatic heterocycles. The van der Waals surface area contributed by atoms with Crippen LogP contribution in [0.25, 0.3) is 0 Å². The Morgan fingerprint density at radius 2 is 2.10 bits per heavy atom. The number of amides is 2. The van der Waals surface area contributed by atoms with Gasteiger partial charge in [-0.1, -0.05) is 24.6 Å². The Kier molecular flexibility index (Phi) is 4.28. The van der Waals surface area contributed by atoms with Crippen LogP contribution in [0.4, 0.5) is 4.39 Å². The van der Waals surface area contributed by atoms with Gasteiger partial charge >= 0.3 is 0 Å². The molecule has 2 amide bonds. The molecule has 0 spiro atoms. The van der Waals surface area contributed by atoms with Crippen LogP contribution in [0, 0.1) is 5.82 Å². The Labute approximate surface area is 121 Å². The lowest BCUT2D eigenvalue weighted by Gasteiger charge is -2.37. The lowest BCUT2D eigenvalue weighted by Crippen LogP contribution is -2.61. The molecular weight excluding hydrogens is 283 g/mol. The van der Waals surface area contributed by atoms with Crippen molar-refractivity contribution in [2.45, 2.75) is 38.9 Å². The molecule has 1 aromatic carbocycles. The van der Waals surface area contributed by atoms with Gasteiger partial charge in [-0.2, -0.15) is 0 Å². The molecular formula is C14H16ClFN2O2. The minimum atomic E-state index is -0.553. The molecule has 6 heteroatoms. The highest BCUT2D eigenvalue weighted by atomic mass is 35.5. The van der Waals surface area contributed by atoms with E-state index in [-0.39, 0.29) is 23.4 Å². The molecule has 4 nitrogen and oxygen atoms in total. The second-order valence-corrected chi connectivity index (χ2v) is 5.28. The normalized spacial score (nSPS) is 22.9. The van der Waals surface area contributed by atoms with Crippen LogP contribution in [0.5, 0.6) is 0 Å². The Balaban J connectivity index is 2.25. The Hall–Kier alpha value is -1.62. The van der Waals surface area contributed by atoms with Gasteiger partial charge in [-0.3, -0.25) is 9.59 Å². The summed E-state index contributed by atoms with van der Waals surface area (Å²) in [4.78, 5) is 25.6. The third kappa shape index (κ3) is 2.77. The van der Waals surface area contributed by atoms with Crippen molar-refractivity contribution < 1.29 is 14.0 Å². The Bertz CT molecular complexity index is 550. The number of nitrogens with one attached hydrogen (secondary N) is 1. The van der Waals surface area contributed by atoms with E-state index in [1.165, 1.54) is 17.0 Å². The first-order chi connectivity index (χ1) is 9.43. The number of hydrogen-bond donors (Lipinski definition) is 1. The van der Waals surface area contributed by atoms with E-state index in [2.05, 4.69) is 5.32 Å². The van der Waals surface area contributed by atoms with Gasteiger partial charge in [-0.05, 0) is 31.0 Å². The fourth-order valence-corrected chi connectivity index (χ4v) is 2.46. The number of carbonyl (C=O) groups excluding carboxylic acids is 2. The number of hydrogen-bond acceptors (Lipinski definition) is 2. The van der Waals surface area contributed by atoms with Crippen LogP contribution in [-0.4, -0.2) is 28.8 Å². The zero-order chi connectivity index (χ0) is 14.9. The third-order valence-electron chi connectivity index (χ3n) is 3.41. The summed E-state index contributed by atoms with van der Waals surface area (Å²) >= 11 is 5.63. The molecule has 0 bridgehead atoms. The molecule has 1 heterocycles. The number of carbonyl (C=O) groups is 2. The van der Waals surface area contributed by atoms with Gasteiger partial charge in [0.05, 0.1) is 5.02 Å². The van der Waals surface area contributed by atoms with E-state index in [1.54, 1.807) is 13.0 Å². The minimum absolute atomic E-state index is 0.0388. The first kappa shape index (κ1) is 14.8. The number of piperazine rings is 1. The van der Waals surface area contributed by atoms with Gasteiger partial charge in [0.25, 0.3) is 0 Å². The van der Waals surface area contributed by atoms with Gasteiger partial charge in [-0.25, -0.2) is 4.39 Å². The van der Waals surface area contributed by atoms with E-state index in [0.717, 1.165) is 0 Å². The summed E-state index contributed by atoms with van der Waals surface area (Å²) in [6.45, 7) is 3.67. The van der Waals surface area contributed by atoms with Crippen molar-refractivity contribution in [3.8, 4) is 0 Å². The van der Waals surface area contributed by atoms with Crippen LogP contribution in [0.15, 0.2) is 18.2 Å². The fourth-order valence-electron chi connectivity index (χ4n) is 2.34. The maximum atomic E-state index is 13.4. The highest BCUT2D eigenvalue weighted by Gasteiger charge is 2.37. The Morgan fingerprint density at radius 1 is 1.40 bits per heavy atom. The van der Waals surface area contributed by atoms with Gasteiger partial charge in [0.2, 0.25) is 11.8 Å². The van der Waals surface area contributed by atoms with E-state index < -0.39 is 17.9 Å². The summed E-state index contributed by atoms with van der Waals surface area (Å²) in [6.07, 6.45) is 0.514. The lowest BCUT2D eigenvalue weighted by atomic mass is 10.0. The number of nitrogens with zero attached hydrogens (tertiary/aromatic N) is 1. The molecule has 1 aliphatic heterocycles. The standard InChI is InChI=1S/C14H16ClFN2O2/c1-3-12-13(19)17-8(2)14(20)18(12)7-9-4-5-10(15)11(16)6-9/h4-6,8,12H,3,7H2,1-2H3,(H,17,19). The molecule has 2 rings (SSSR count). The first-order valence-corrected chi connectivity index (χ1v) is 6.86. The van der Waals surface area contributed by atoms with Gasteiger partial charge < -0.3 is 10.2 Å². The second-order valence-electron chi connectivity index (χ2n) is 4.87. The quantitative estimate of drug-likeness (QED) is 0.929. The smallest absolute Gasteiger partial charge is 0.245 e. The molecule has 1 saturated heterocycles. The molecule has 108 valence electrons. The average Bonchev–Trinajstić information content (AvgIpc) is 2.40. The first-order valence-electron chi connectivity index (χ1n) is 6.48. The summed E-state index contributed by atoms with van der Waals surface area (Å²) in [5.74, 6) is -0.861. The average molecular weight is 299 g/mol. The largest absolute Gasteiger partial charge is 0.343 e. The number of rotatable bonds is 3. The molecule has 20 heavy (non-hydrogen) atoms. The van der Waals surface area contributed by atoms with Crippen molar-refractivity contribution in [3.05, 3.63) is 34.6 Å². The summed E-state index contributed by atoms with van der Waals surface area (Å²) in [7, 11) is 0. The van der Waals surface area contributed by atoms with Gasteiger partial charge in [0.15, 0.2) is 0 Å². The molecule has 1 aromatic rings. The monoisotopic (exact) mass is 298 g/mol. The molecule has 2 atom stereocenters. The fraction of sp³-hybridized carbons (Fsp3) is 0.429. The summed E-state index contributed by atoms with van der Waals surface area (Å²) in [5.41, 5.74) is 0.612. The topological polar surface area (TPSA) is 49.4 Å². The van der Waals surface area contributed by atoms with Crippen LogP contribution < -0.4 is 5.32 Å². The van der Waals surface area contributed by atoms with Crippen LogP contribution in [0.3, 0.4) is 0 Å². The number of benzene rings is 1. The summed E-state index contributed by atoms with van der Waals surface area (Å²) in [5, 5.41) is 2.68. The zero-order valence-corrected chi connectivity index (χ0v) is 12.1. The van der Waals surface area contributed by atoms with Crippen LogP contribution in [0.2, 0.25) is 5.02 Å². The van der Waals surface area contributed by atoms with E-state index in [1.807, 2.05) is 6.92 Å². The van der Waals surface area contributed by atoms with E-state index in [9.17, 15) is 14.0 Å². The molecule has 2 unspecified atom stereocenters. The highest BCUT2D eigenvalue weighted by Crippen LogP contribution is 2.20. The third-order valence-corrected chi connectivity index (χ3v) is 3.72. The van der Waals surface area contributed by atoms with Crippen molar-refractivity contribution in [2.24, 2.45) is 0 Å². The van der Waals surface area contributed by atoms with Crippen molar-refractivity contribution in [1.82, 2.24) is 10.2 Å². The van der Waals surface area contributed by atoms with E-state index in [4.69, 9.17) is 11.6 Å². The SMILES string of the molecule is CCC1C(=O)NC(C)C(=O)N1Cc1ccc(Cl)c(F)c1. The summed E-state index contributed by atoms with van der Waals surface area (Å²) in [6, 6.07) is 3.33. The van der Waals surface area contributed by atoms with Crippen molar-refractivity contribution >= 4 is 23.4 Å². The van der Waals surface area contributed by atoms with Gasteiger partial charge in [0, 0.05) is 6.54 Å². The lowest BCUT2D eigenvalue weighted by molar-refractivity contribution is -0.149. The van der Waals surface area contributed by atoms with E-state index >= 15 is 0 Å². The van der Waals surface area contributed by atoms with E-state index in [0.29, 0.717) is 12.0 Å². The van der Waals surface area contributed by atoms with Crippen LogP contribution in [-0.2, 0) is 16.1 Å². The van der Waals surface area contributed by atoms with Gasteiger partial charge in [-0.15, -0.1) is 0 Å². The van der Waals surface area contributed by atoms with Crippen molar-refractivity contribution in [3.63, 3.8) is 0 Å². The molecule has 0 radical (unpaired) electrons. The second kappa shape index (κ2) is 5.79. The molecule has 0 aliphatic carbocycles. The minimum Gasteiger partial charge on any atom is -0.343 e. The predicted octanol–water partition coefficient (Wildman–Crippen LogP) is 2.10. The predicted molar refractivity (Wildman–Crippen MR) is 73.6 cm³/mol. The van der Waals surface area contributed by atoms with Crippen LogP contribution in [0.1, 0.15) is 25.8 Å². The molecule has 0 saturated carbocycles. The van der Waals surface area contributed by atoms with Crippen molar-refractivity contribution in [1.29, 1.82) is 0 Å². The van der Waals surface area contributed by atoms with Crippen LogP contribution >= 0.6 is 11.6 Å². The van der Waals surface area contributed by atoms with Gasteiger partial charge in [0.1, 0.15) is 17.9 Å². The molecule has 1 N–H and O–H groups in total. The maximum absolute atomic E-state index is 13.4. The summed E-state index contributed by atoms with van der Waals surface area (Å²) < 4.78 is 13.4. The van der Waals surface area contributed by atoms with Crippen molar-refractivity contribution in [2.75, 3.05) is 0 Å². The molecule has 1 fully saturated rings. The Morgan fingerprint density at radius 3 is 2.70 bits per heavy atom. The number of halogens is 2. The zero-order valence-electron chi connectivity index (χ0n) is 11.3. The highest BCUT2D eigenvalue weighted by molar-refractivity contribution is 6.30. The maximum Gasteiger partial charge on any atom is 0.245 e. The molecule has 1 aliphatic rings.